The van der Waals surface area contributed by atoms with Crippen molar-refractivity contribution in [3.05, 3.63) is 66.1 Å². The van der Waals surface area contributed by atoms with E-state index in [4.69, 9.17) is 4.74 Å². The van der Waals surface area contributed by atoms with Gasteiger partial charge in [0.2, 0.25) is 0 Å². The fourth-order valence-corrected chi connectivity index (χ4v) is 4.37. The van der Waals surface area contributed by atoms with Gasteiger partial charge in [-0.25, -0.2) is 9.50 Å². The van der Waals surface area contributed by atoms with Gasteiger partial charge in [0.25, 0.3) is 0 Å². The Morgan fingerprint density at radius 3 is 2.92 bits per heavy atom. The number of rotatable bonds is 4. The van der Waals surface area contributed by atoms with Gasteiger partial charge in [0.1, 0.15) is 0 Å². The molecule has 3 aromatic rings. The van der Waals surface area contributed by atoms with Gasteiger partial charge >= 0.3 is 0 Å². The van der Waals surface area contributed by atoms with Crippen molar-refractivity contribution in [1.82, 2.24) is 19.5 Å². The fourth-order valence-electron chi connectivity index (χ4n) is 4.37. The first-order valence-corrected chi connectivity index (χ1v) is 8.95. The molecule has 25 heavy (non-hydrogen) atoms. The van der Waals surface area contributed by atoms with Crippen molar-refractivity contribution >= 4 is 5.65 Å². The second-order valence-corrected chi connectivity index (χ2v) is 7.53. The normalized spacial score (nSPS) is 22.5. The zero-order chi connectivity index (χ0) is 16.7. The molecule has 0 unspecified atom stereocenters. The number of ether oxygens (including phenoxy) is 1. The van der Waals surface area contributed by atoms with Crippen molar-refractivity contribution < 1.29 is 4.74 Å². The van der Waals surface area contributed by atoms with Crippen LogP contribution in [0.3, 0.4) is 0 Å². The van der Waals surface area contributed by atoms with E-state index in [1.807, 2.05) is 29.2 Å². The minimum Gasteiger partial charge on any atom is -0.377 e. The quantitative estimate of drug-likeness (QED) is 0.735. The lowest BCUT2D eigenvalue weighted by Gasteiger charge is -2.47. The molecule has 128 valence electrons. The van der Waals surface area contributed by atoms with Crippen molar-refractivity contribution in [3.63, 3.8) is 0 Å². The molecule has 0 N–H and O–H groups in total. The summed E-state index contributed by atoms with van der Waals surface area (Å²) in [6.07, 6.45) is 8.28. The Kier molecular flexibility index (Phi) is 3.57. The lowest BCUT2D eigenvalue weighted by Crippen LogP contribution is -2.56. The molecule has 1 aromatic carbocycles. The lowest BCUT2D eigenvalue weighted by molar-refractivity contribution is -0.0138. The molecule has 0 bridgehead atoms. The van der Waals surface area contributed by atoms with Gasteiger partial charge in [0, 0.05) is 43.0 Å². The van der Waals surface area contributed by atoms with Crippen LogP contribution >= 0.6 is 0 Å². The van der Waals surface area contributed by atoms with Gasteiger partial charge in [-0.05, 0) is 24.5 Å². The van der Waals surface area contributed by atoms with Crippen LogP contribution in [0, 0.1) is 5.41 Å². The van der Waals surface area contributed by atoms with Gasteiger partial charge in [-0.2, -0.15) is 5.10 Å². The molecule has 2 saturated heterocycles. The molecule has 2 aromatic heterocycles. The highest BCUT2D eigenvalue weighted by Crippen LogP contribution is 2.42. The Hall–Kier alpha value is -2.24. The summed E-state index contributed by atoms with van der Waals surface area (Å²) in [6.45, 7) is 4.05. The molecule has 2 fully saturated rings. The Balaban J connectivity index is 1.19. The second-order valence-electron chi connectivity index (χ2n) is 7.53. The number of hydrogen-bond donors (Lipinski definition) is 0. The predicted octanol–water partition coefficient (Wildman–Crippen LogP) is 2.56. The van der Waals surface area contributed by atoms with Gasteiger partial charge in [0.05, 0.1) is 18.9 Å². The molecule has 1 atom stereocenters. The van der Waals surface area contributed by atoms with Crippen molar-refractivity contribution in [2.45, 2.75) is 25.5 Å². The molecule has 5 nitrogen and oxygen atoms in total. The number of aromatic nitrogens is 3. The molecule has 2 aliphatic heterocycles. The van der Waals surface area contributed by atoms with Gasteiger partial charge in [0.15, 0.2) is 5.65 Å². The van der Waals surface area contributed by atoms with Gasteiger partial charge < -0.3 is 4.74 Å². The zero-order valence-electron chi connectivity index (χ0n) is 14.2. The maximum atomic E-state index is 6.11. The highest BCUT2D eigenvalue weighted by atomic mass is 16.5. The van der Waals surface area contributed by atoms with E-state index in [0.717, 1.165) is 38.3 Å². The van der Waals surface area contributed by atoms with Gasteiger partial charge in [-0.3, -0.25) is 4.90 Å². The first-order chi connectivity index (χ1) is 12.3. The minimum absolute atomic E-state index is 0.357. The van der Waals surface area contributed by atoms with Crippen LogP contribution in [0.1, 0.15) is 17.5 Å². The molecule has 4 heterocycles. The Bertz CT molecular complexity index is 870. The largest absolute Gasteiger partial charge is 0.377 e. The van der Waals surface area contributed by atoms with Gasteiger partial charge in [-0.1, -0.05) is 30.3 Å². The van der Waals surface area contributed by atoms with Crippen LogP contribution in [0.5, 0.6) is 0 Å². The standard InChI is InChI=1S/C20H22N4O/c1-2-5-16(6-3-1)9-18-10-20(15-25-18)13-23(14-20)12-17-11-22-24-8-4-7-21-19(17)24/h1-8,11,18H,9-10,12-15H2/t18-/m1/s1. The highest BCUT2D eigenvalue weighted by molar-refractivity contribution is 5.45. The zero-order valence-corrected chi connectivity index (χ0v) is 14.2. The van der Waals surface area contributed by atoms with E-state index in [1.165, 1.54) is 17.5 Å². The maximum absolute atomic E-state index is 6.11. The Morgan fingerprint density at radius 1 is 1.16 bits per heavy atom. The summed E-state index contributed by atoms with van der Waals surface area (Å²) >= 11 is 0. The van der Waals surface area contributed by atoms with E-state index in [9.17, 15) is 0 Å². The lowest BCUT2D eigenvalue weighted by atomic mass is 9.77. The van der Waals surface area contributed by atoms with E-state index < -0.39 is 0 Å². The molecule has 5 rings (SSSR count). The first-order valence-electron chi connectivity index (χ1n) is 8.95. The third kappa shape index (κ3) is 2.83. The van der Waals surface area contributed by atoms with Crippen LogP contribution in [0.4, 0.5) is 0 Å². The number of nitrogens with zero attached hydrogens (tertiary/aromatic N) is 4. The number of fused-ring (bicyclic) bond motifs is 1. The Labute approximate surface area is 147 Å². The molecule has 0 saturated carbocycles. The summed E-state index contributed by atoms with van der Waals surface area (Å²) in [4.78, 5) is 6.94. The maximum Gasteiger partial charge on any atom is 0.159 e. The topological polar surface area (TPSA) is 42.7 Å². The van der Waals surface area contributed by atoms with Crippen molar-refractivity contribution in [1.29, 1.82) is 0 Å². The van der Waals surface area contributed by atoms with Gasteiger partial charge in [-0.15, -0.1) is 0 Å². The molecule has 5 heteroatoms. The Morgan fingerprint density at radius 2 is 2.04 bits per heavy atom. The average Bonchev–Trinajstić information content (AvgIpc) is 3.21. The first kappa shape index (κ1) is 15.0. The molecule has 0 radical (unpaired) electrons. The van der Waals surface area contributed by atoms with Crippen LogP contribution in [-0.2, 0) is 17.7 Å². The minimum atomic E-state index is 0.357. The van der Waals surface area contributed by atoms with E-state index in [0.29, 0.717) is 11.5 Å². The fraction of sp³-hybridized carbons (Fsp3) is 0.400. The number of benzene rings is 1. The molecule has 1 spiro atoms. The van der Waals surface area contributed by atoms with E-state index in [2.05, 4.69) is 45.3 Å². The summed E-state index contributed by atoms with van der Waals surface area (Å²) < 4.78 is 7.96. The van der Waals surface area contributed by atoms with Crippen LogP contribution < -0.4 is 0 Å². The summed E-state index contributed by atoms with van der Waals surface area (Å²) in [5.74, 6) is 0. The molecule has 0 amide bonds. The molecular formula is C20H22N4O. The third-order valence-corrected chi connectivity index (χ3v) is 5.46. The SMILES string of the molecule is c1ccc(C[C@@H]2CC3(CO2)CN(Cc2cnn4cccnc24)C3)cc1. The summed E-state index contributed by atoms with van der Waals surface area (Å²) in [6, 6.07) is 12.6. The predicted molar refractivity (Wildman–Crippen MR) is 95.2 cm³/mol. The van der Waals surface area contributed by atoms with Crippen molar-refractivity contribution in [2.75, 3.05) is 19.7 Å². The highest BCUT2D eigenvalue weighted by Gasteiger charge is 2.48. The molecule has 2 aliphatic rings. The number of hydrogen-bond acceptors (Lipinski definition) is 4. The van der Waals surface area contributed by atoms with Crippen LogP contribution in [0.2, 0.25) is 0 Å². The van der Waals surface area contributed by atoms with Crippen molar-refractivity contribution in [3.8, 4) is 0 Å². The number of likely N-dealkylation sites (tertiary alicyclic amines) is 1. The monoisotopic (exact) mass is 334 g/mol. The smallest absolute Gasteiger partial charge is 0.159 e. The van der Waals surface area contributed by atoms with Crippen LogP contribution in [0.25, 0.3) is 5.65 Å². The van der Waals surface area contributed by atoms with E-state index >= 15 is 0 Å². The molecular weight excluding hydrogens is 312 g/mol. The van der Waals surface area contributed by atoms with Crippen LogP contribution in [0.15, 0.2) is 55.0 Å². The average molecular weight is 334 g/mol. The van der Waals surface area contributed by atoms with E-state index in [1.54, 1.807) is 0 Å². The van der Waals surface area contributed by atoms with E-state index in [-0.39, 0.29) is 0 Å². The summed E-state index contributed by atoms with van der Waals surface area (Å²) in [7, 11) is 0. The second kappa shape index (κ2) is 5.93. The summed E-state index contributed by atoms with van der Waals surface area (Å²) in [5.41, 5.74) is 3.90. The van der Waals surface area contributed by atoms with Crippen LogP contribution in [-0.4, -0.2) is 45.3 Å². The third-order valence-electron chi connectivity index (χ3n) is 5.46. The van der Waals surface area contributed by atoms with Crippen molar-refractivity contribution in [2.24, 2.45) is 5.41 Å². The summed E-state index contributed by atoms with van der Waals surface area (Å²) in [5, 5.41) is 4.38. The molecule has 0 aliphatic carbocycles.